The molecule has 1 N–H and O–H groups in total. The number of aromatic amines is 1. The summed E-state index contributed by atoms with van der Waals surface area (Å²) in [5.74, 6) is 0.784. The van der Waals surface area contributed by atoms with Crippen molar-refractivity contribution in [2.75, 3.05) is 0 Å². The molecule has 2 aromatic heterocycles. The van der Waals surface area contributed by atoms with Crippen LogP contribution >= 0.6 is 27.5 Å². The van der Waals surface area contributed by atoms with Crippen LogP contribution in [0.1, 0.15) is 5.69 Å². The first-order valence-corrected chi connectivity index (χ1v) is 6.59. The van der Waals surface area contributed by atoms with E-state index in [9.17, 15) is 0 Å². The van der Waals surface area contributed by atoms with Crippen LogP contribution < -0.4 is 0 Å². The Labute approximate surface area is 117 Å². The average Bonchev–Trinajstić information content (AvgIpc) is 2.71. The highest BCUT2D eigenvalue weighted by molar-refractivity contribution is 9.10. The Morgan fingerprint density at radius 3 is 2.78 bits per heavy atom. The Kier molecular flexibility index (Phi) is 2.84. The number of hydrogen-bond donors (Lipinski definition) is 1. The van der Waals surface area contributed by atoms with Crippen LogP contribution in [0.4, 0.5) is 0 Å². The second-order valence-electron chi connectivity index (χ2n) is 4.03. The third-order valence-corrected chi connectivity index (χ3v) is 3.56. The number of aryl methyl sites for hydroxylation is 1. The normalized spacial score (nSPS) is 11.1. The molecule has 3 nitrogen and oxygen atoms in total. The van der Waals surface area contributed by atoms with Crippen LogP contribution in [0.5, 0.6) is 0 Å². The Bertz CT molecular complexity index is 736. The summed E-state index contributed by atoms with van der Waals surface area (Å²) in [6, 6.07) is 9.56. The molecule has 3 aromatic rings. The smallest absolute Gasteiger partial charge is 0.178 e. The van der Waals surface area contributed by atoms with E-state index in [0.717, 1.165) is 32.7 Å². The van der Waals surface area contributed by atoms with Gasteiger partial charge in [0.15, 0.2) is 5.65 Å². The maximum absolute atomic E-state index is 5.93. The highest BCUT2D eigenvalue weighted by atomic mass is 79.9. The Hall–Kier alpha value is -1.39. The van der Waals surface area contributed by atoms with Gasteiger partial charge in [-0.15, -0.1) is 0 Å². The lowest BCUT2D eigenvalue weighted by atomic mass is 10.2. The van der Waals surface area contributed by atoms with Gasteiger partial charge in [-0.2, -0.15) is 0 Å². The molecule has 0 bridgehead atoms. The van der Waals surface area contributed by atoms with Gasteiger partial charge < -0.3 is 4.98 Å². The molecular formula is C13H9BrClN3. The molecule has 5 heteroatoms. The lowest BCUT2D eigenvalue weighted by molar-refractivity contribution is 1.22. The first-order chi connectivity index (χ1) is 8.63. The standard InChI is InChI=1S/C13H9BrClN3/c1-7-2-5-11-13(16-7)18-12(17-11)9-4-3-8(15)6-10(9)14/h2-6H,1H3,(H,16,17,18). The molecule has 2 heterocycles. The van der Waals surface area contributed by atoms with E-state index in [4.69, 9.17) is 11.6 Å². The summed E-state index contributed by atoms with van der Waals surface area (Å²) >= 11 is 9.42. The third-order valence-electron chi connectivity index (χ3n) is 2.67. The third kappa shape index (κ3) is 2.02. The van der Waals surface area contributed by atoms with Crippen molar-refractivity contribution in [1.82, 2.24) is 15.0 Å². The summed E-state index contributed by atoms with van der Waals surface area (Å²) in [5.41, 5.74) is 3.58. The van der Waals surface area contributed by atoms with Crippen LogP contribution in [0.3, 0.4) is 0 Å². The predicted octanol–water partition coefficient (Wildman–Crippen LogP) is 4.35. The quantitative estimate of drug-likeness (QED) is 0.723. The number of pyridine rings is 1. The van der Waals surface area contributed by atoms with Crippen molar-refractivity contribution < 1.29 is 0 Å². The van der Waals surface area contributed by atoms with E-state index < -0.39 is 0 Å². The van der Waals surface area contributed by atoms with E-state index in [1.807, 2.05) is 37.3 Å². The molecule has 0 amide bonds. The molecule has 0 radical (unpaired) electrons. The fourth-order valence-electron chi connectivity index (χ4n) is 1.80. The number of benzene rings is 1. The Morgan fingerprint density at radius 2 is 2.00 bits per heavy atom. The topological polar surface area (TPSA) is 41.6 Å². The lowest BCUT2D eigenvalue weighted by Gasteiger charge is -2.00. The van der Waals surface area contributed by atoms with Gasteiger partial charge >= 0.3 is 0 Å². The van der Waals surface area contributed by atoms with Gasteiger partial charge in [-0.25, -0.2) is 9.97 Å². The first kappa shape index (κ1) is 11.7. The molecule has 0 aliphatic carbocycles. The summed E-state index contributed by atoms with van der Waals surface area (Å²) in [6.45, 7) is 1.95. The maximum atomic E-state index is 5.93. The number of nitrogens with zero attached hydrogens (tertiary/aromatic N) is 2. The van der Waals surface area contributed by atoms with E-state index in [1.54, 1.807) is 0 Å². The monoisotopic (exact) mass is 321 g/mol. The van der Waals surface area contributed by atoms with Crippen molar-refractivity contribution in [2.24, 2.45) is 0 Å². The molecule has 18 heavy (non-hydrogen) atoms. The van der Waals surface area contributed by atoms with E-state index in [2.05, 4.69) is 30.9 Å². The Morgan fingerprint density at radius 1 is 1.17 bits per heavy atom. The van der Waals surface area contributed by atoms with E-state index in [0.29, 0.717) is 5.02 Å². The number of hydrogen-bond acceptors (Lipinski definition) is 2. The van der Waals surface area contributed by atoms with Crippen LogP contribution in [0.2, 0.25) is 5.02 Å². The molecule has 0 atom stereocenters. The highest BCUT2D eigenvalue weighted by Gasteiger charge is 2.09. The SMILES string of the molecule is Cc1ccc2[nH]c(-c3ccc(Cl)cc3Br)nc2n1. The number of H-pyrrole nitrogens is 1. The zero-order valence-corrected chi connectivity index (χ0v) is 11.9. The number of aromatic nitrogens is 3. The van der Waals surface area contributed by atoms with Crippen molar-refractivity contribution in [2.45, 2.75) is 6.92 Å². The average molecular weight is 323 g/mol. The minimum Gasteiger partial charge on any atom is -0.337 e. The minimum atomic E-state index is 0.690. The summed E-state index contributed by atoms with van der Waals surface area (Å²) in [5, 5.41) is 0.690. The summed E-state index contributed by atoms with van der Waals surface area (Å²) in [4.78, 5) is 12.1. The van der Waals surface area contributed by atoms with Gasteiger partial charge in [0.25, 0.3) is 0 Å². The van der Waals surface area contributed by atoms with Crippen LogP contribution in [-0.4, -0.2) is 15.0 Å². The van der Waals surface area contributed by atoms with E-state index in [-0.39, 0.29) is 0 Å². The minimum absolute atomic E-state index is 0.690. The van der Waals surface area contributed by atoms with Crippen LogP contribution in [0.25, 0.3) is 22.6 Å². The number of nitrogens with one attached hydrogen (secondary N) is 1. The number of fused-ring (bicyclic) bond motifs is 1. The van der Waals surface area contributed by atoms with E-state index in [1.165, 1.54) is 0 Å². The zero-order valence-electron chi connectivity index (χ0n) is 9.54. The summed E-state index contributed by atoms with van der Waals surface area (Å²) in [7, 11) is 0. The number of halogens is 2. The van der Waals surface area contributed by atoms with Gasteiger partial charge in [0.05, 0.1) is 5.52 Å². The van der Waals surface area contributed by atoms with Gasteiger partial charge in [-0.05, 0) is 53.2 Å². The van der Waals surface area contributed by atoms with Crippen LogP contribution in [-0.2, 0) is 0 Å². The fraction of sp³-hybridized carbons (Fsp3) is 0.0769. The second kappa shape index (κ2) is 4.37. The molecule has 0 spiro atoms. The number of rotatable bonds is 1. The van der Waals surface area contributed by atoms with Gasteiger partial charge in [-0.1, -0.05) is 11.6 Å². The zero-order chi connectivity index (χ0) is 12.7. The molecule has 0 aliphatic rings. The molecule has 0 unspecified atom stereocenters. The first-order valence-electron chi connectivity index (χ1n) is 5.42. The molecule has 0 aliphatic heterocycles. The van der Waals surface area contributed by atoms with Gasteiger partial charge in [-0.3, -0.25) is 0 Å². The van der Waals surface area contributed by atoms with E-state index >= 15 is 0 Å². The molecule has 1 aromatic carbocycles. The van der Waals surface area contributed by atoms with Gasteiger partial charge in [0.2, 0.25) is 0 Å². The van der Waals surface area contributed by atoms with Crippen molar-refractivity contribution >= 4 is 38.7 Å². The lowest BCUT2D eigenvalue weighted by Crippen LogP contribution is -1.82. The maximum Gasteiger partial charge on any atom is 0.178 e. The van der Waals surface area contributed by atoms with Gasteiger partial charge in [0.1, 0.15) is 5.82 Å². The molecule has 90 valence electrons. The van der Waals surface area contributed by atoms with Crippen LogP contribution in [0, 0.1) is 6.92 Å². The highest BCUT2D eigenvalue weighted by Crippen LogP contribution is 2.29. The molecular weight excluding hydrogens is 314 g/mol. The van der Waals surface area contributed by atoms with Crippen LogP contribution in [0.15, 0.2) is 34.8 Å². The molecule has 0 saturated heterocycles. The Balaban J connectivity index is 2.19. The largest absolute Gasteiger partial charge is 0.337 e. The molecule has 0 fully saturated rings. The van der Waals surface area contributed by atoms with Crippen molar-refractivity contribution in [1.29, 1.82) is 0 Å². The number of imidazole rings is 1. The van der Waals surface area contributed by atoms with Crippen molar-refractivity contribution in [3.8, 4) is 11.4 Å². The van der Waals surface area contributed by atoms with Gasteiger partial charge in [0, 0.05) is 20.8 Å². The summed E-state index contributed by atoms with van der Waals surface area (Å²) < 4.78 is 0.908. The molecule has 0 saturated carbocycles. The summed E-state index contributed by atoms with van der Waals surface area (Å²) in [6.07, 6.45) is 0. The van der Waals surface area contributed by atoms with Crippen molar-refractivity contribution in [3.05, 3.63) is 45.5 Å². The predicted molar refractivity (Wildman–Crippen MR) is 76.8 cm³/mol. The second-order valence-corrected chi connectivity index (χ2v) is 5.32. The fourth-order valence-corrected chi connectivity index (χ4v) is 2.67. The van der Waals surface area contributed by atoms with Crippen molar-refractivity contribution in [3.63, 3.8) is 0 Å². The molecule has 3 rings (SSSR count).